The highest BCUT2D eigenvalue weighted by Crippen LogP contribution is 2.26. The lowest BCUT2D eigenvalue weighted by Gasteiger charge is -2.12. The summed E-state index contributed by atoms with van der Waals surface area (Å²) in [5, 5.41) is 7.03. The van der Waals surface area contributed by atoms with Gasteiger partial charge in [-0.25, -0.2) is 0 Å². The second-order valence-corrected chi connectivity index (χ2v) is 6.05. The first-order valence-corrected chi connectivity index (χ1v) is 8.19. The number of aromatic nitrogens is 2. The summed E-state index contributed by atoms with van der Waals surface area (Å²) in [4.78, 5) is 18.0. The maximum Gasteiger partial charge on any atom is 0.418 e. The van der Waals surface area contributed by atoms with Crippen LogP contribution in [0.2, 0.25) is 5.02 Å². The Kier molecular flexibility index (Phi) is 5.38. The van der Waals surface area contributed by atoms with Gasteiger partial charge in [0.2, 0.25) is 5.82 Å². The number of carbonyl (C=O) groups excluding carboxylic acids is 1. The molecule has 0 bridgehead atoms. The van der Waals surface area contributed by atoms with Crippen molar-refractivity contribution in [3.05, 3.63) is 53.6 Å². The predicted molar refractivity (Wildman–Crippen MR) is 99.6 cm³/mol. The summed E-state index contributed by atoms with van der Waals surface area (Å²) in [6, 6.07) is 14.6. The minimum atomic E-state index is -0.333. The second kappa shape index (κ2) is 7.88. The minimum absolute atomic E-state index is 0.0991. The molecule has 0 saturated heterocycles. The van der Waals surface area contributed by atoms with Crippen LogP contribution in [-0.2, 0) is 4.79 Å². The Labute approximate surface area is 155 Å². The molecule has 0 aliphatic rings. The molecule has 1 N–H and O–H groups in total. The zero-order valence-corrected chi connectivity index (χ0v) is 15.0. The number of amides is 1. The maximum absolute atomic E-state index is 12.0. The van der Waals surface area contributed by atoms with Crippen LogP contribution in [0.4, 0.5) is 11.4 Å². The third kappa shape index (κ3) is 4.31. The van der Waals surface area contributed by atoms with E-state index in [4.69, 9.17) is 20.9 Å². The van der Waals surface area contributed by atoms with Crippen molar-refractivity contribution < 1.29 is 14.1 Å². The van der Waals surface area contributed by atoms with E-state index in [1.807, 2.05) is 49.3 Å². The van der Waals surface area contributed by atoms with Gasteiger partial charge >= 0.3 is 6.08 Å². The number of hydrogen-bond acceptors (Lipinski definition) is 6. The molecule has 2 aromatic carbocycles. The highest BCUT2D eigenvalue weighted by molar-refractivity contribution is 6.33. The van der Waals surface area contributed by atoms with Crippen molar-refractivity contribution in [1.82, 2.24) is 10.1 Å². The summed E-state index contributed by atoms with van der Waals surface area (Å²) in [7, 11) is 3.89. The van der Waals surface area contributed by atoms with Gasteiger partial charge in [-0.15, -0.1) is 0 Å². The molecule has 8 heteroatoms. The van der Waals surface area contributed by atoms with E-state index < -0.39 is 0 Å². The molecular weight excluding hydrogens is 356 g/mol. The van der Waals surface area contributed by atoms with Crippen molar-refractivity contribution >= 4 is 28.9 Å². The second-order valence-electron chi connectivity index (χ2n) is 5.64. The molecule has 0 aliphatic carbocycles. The van der Waals surface area contributed by atoms with Gasteiger partial charge in [0, 0.05) is 31.0 Å². The van der Waals surface area contributed by atoms with Crippen LogP contribution in [0.5, 0.6) is 6.08 Å². The SMILES string of the molecule is CN(C)c1ccc(NC(=O)COc2nc(-c3ccccc3Cl)no2)cc1. The van der Waals surface area contributed by atoms with Gasteiger partial charge in [-0.3, -0.25) is 9.32 Å². The summed E-state index contributed by atoms with van der Waals surface area (Å²) < 4.78 is 10.2. The maximum atomic E-state index is 12.0. The van der Waals surface area contributed by atoms with E-state index in [9.17, 15) is 4.79 Å². The van der Waals surface area contributed by atoms with Crippen LogP contribution in [0.15, 0.2) is 53.1 Å². The van der Waals surface area contributed by atoms with Gasteiger partial charge in [0.05, 0.1) is 5.02 Å². The average Bonchev–Trinajstić information content (AvgIpc) is 3.09. The molecule has 0 aliphatic heterocycles. The number of rotatable bonds is 6. The molecule has 3 rings (SSSR count). The van der Waals surface area contributed by atoms with Crippen LogP contribution < -0.4 is 15.0 Å². The van der Waals surface area contributed by atoms with Crippen molar-refractivity contribution in [2.45, 2.75) is 0 Å². The van der Waals surface area contributed by atoms with Crippen molar-refractivity contribution in [2.75, 3.05) is 30.9 Å². The number of carbonyl (C=O) groups is 1. The Hall–Kier alpha value is -3.06. The number of nitrogens with zero attached hydrogens (tertiary/aromatic N) is 3. The zero-order chi connectivity index (χ0) is 18.5. The molecule has 3 aromatic rings. The molecule has 1 heterocycles. The summed E-state index contributed by atoms with van der Waals surface area (Å²) in [6.07, 6.45) is -0.0991. The highest BCUT2D eigenvalue weighted by atomic mass is 35.5. The van der Waals surface area contributed by atoms with Crippen LogP contribution in [0.3, 0.4) is 0 Å². The summed E-state index contributed by atoms with van der Waals surface area (Å²) in [5.74, 6) is -0.0367. The van der Waals surface area contributed by atoms with Gasteiger partial charge in [0.25, 0.3) is 5.91 Å². The molecule has 1 aromatic heterocycles. The number of benzene rings is 2. The first-order chi connectivity index (χ1) is 12.5. The lowest BCUT2D eigenvalue weighted by molar-refractivity contribution is -0.118. The monoisotopic (exact) mass is 372 g/mol. The molecule has 0 saturated carbocycles. The van der Waals surface area contributed by atoms with E-state index in [-0.39, 0.29) is 18.6 Å². The number of nitrogens with one attached hydrogen (secondary N) is 1. The lowest BCUT2D eigenvalue weighted by Crippen LogP contribution is -2.20. The standard InChI is InChI=1S/C18H17ClN4O3/c1-23(2)13-9-7-12(8-10-13)20-16(24)11-25-18-21-17(22-26-18)14-5-3-4-6-15(14)19/h3-10H,11H2,1-2H3,(H,20,24). The molecule has 0 radical (unpaired) electrons. The molecular formula is C18H17ClN4O3. The van der Waals surface area contributed by atoms with Crippen LogP contribution in [0.25, 0.3) is 11.4 Å². The predicted octanol–water partition coefficient (Wildman–Crippen LogP) is 3.47. The van der Waals surface area contributed by atoms with Gasteiger partial charge in [-0.2, -0.15) is 4.98 Å². The van der Waals surface area contributed by atoms with E-state index in [1.165, 1.54) is 0 Å². The average molecular weight is 373 g/mol. The van der Waals surface area contributed by atoms with E-state index in [0.29, 0.717) is 22.1 Å². The van der Waals surface area contributed by atoms with Crippen molar-refractivity contribution in [3.8, 4) is 17.5 Å². The Morgan fingerprint density at radius 2 is 1.92 bits per heavy atom. The molecule has 1 amide bonds. The van der Waals surface area contributed by atoms with Gasteiger partial charge < -0.3 is 15.0 Å². The molecule has 134 valence electrons. The largest absolute Gasteiger partial charge is 0.439 e. The summed E-state index contributed by atoms with van der Waals surface area (Å²) >= 11 is 6.09. The molecule has 26 heavy (non-hydrogen) atoms. The highest BCUT2D eigenvalue weighted by Gasteiger charge is 2.13. The van der Waals surface area contributed by atoms with Crippen molar-refractivity contribution in [2.24, 2.45) is 0 Å². The van der Waals surface area contributed by atoms with E-state index in [0.717, 1.165) is 5.69 Å². The van der Waals surface area contributed by atoms with Crippen molar-refractivity contribution in [1.29, 1.82) is 0 Å². The fourth-order valence-electron chi connectivity index (χ4n) is 2.19. The van der Waals surface area contributed by atoms with Crippen LogP contribution in [0.1, 0.15) is 0 Å². The van der Waals surface area contributed by atoms with Crippen LogP contribution in [-0.4, -0.2) is 36.8 Å². The first-order valence-electron chi connectivity index (χ1n) is 7.81. The molecule has 0 unspecified atom stereocenters. The first kappa shape index (κ1) is 17.8. The number of hydrogen-bond donors (Lipinski definition) is 1. The zero-order valence-electron chi connectivity index (χ0n) is 14.3. The number of halogens is 1. The Bertz CT molecular complexity index is 893. The normalized spacial score (nSPS) is 10.4. The fourth-order valence-corrected chi connectivity index (χ4v) is 2.41. The molecule has 7 nitrogen and oxygen atoms in total. The van der Waals surface area contributed by atoms with E-state index >= 15 is 0 Å². The van der Waals surface area contributed by atoms with E-state index in [2.05, 4.69) is 15.5 Å². The quantitative estimate of drug-likeness (QED) is 0.713. The Morgan fingerprint density at radius 1 is 1.19 bits per heavy atom. The topological polar surface area (TPSA) is 80.5 Å². The fraction of sp³-hybridized carbons (Fsp3) is 0.167. The van der Waals surface area contributed by atoms with Crippen molar-refractivity contribution in [3.63, 3.8) is 0 Å². The minimum Gasteiger partial charge on any atom is -0.439 e. The van der Waals surface area contributed by atoms with Gasteiger partial charge in [-0.1, -0.05) is 28.9 Å². The van der Waals surface area contributed by atoms with Crippen LogP contribution >= 0.6 is 11.6 Å². The van der Waals surface area contributed by atoms with Gasteiger partial charge in [0.1, 0.15) is 0 Å². The molecule has 0 atom stereocenters. The molecule has 0 spiro atoms. The third-order valence-electron chi connectivity index (χ3n) is 3.52. The number of ether oxygens (including phenoxy) is 1. The third-order valence-corrected chi connectivity index (χ3v) is 3.85. The van der Waals surface area contributed by atoms with Gasteiger partial charge in [0.15, 0.2) is 6.61 Å². The molecule has 0 fully saturated rings. The Balaban J connectivity index is 1.56. The summed E-state index contributed by atoms with van der Waals surface area (Å²) in [6.45, 7) is -0.250. The Morgan fingerprint density at radius 3 is 2.62 bits per heavy atom. The van der Waals surface area contributed by atoms with E-state index in [1.54, 1.807) is 18.2 Å². The van der Waals surface area contributed by atoms with Crippen LogP contribution in [0, 0.1) is 0 Å². The van der Waals surface area contributed by atoms with Gasteiger partial charge in [-0.05, 0) is 36.4 Å². The number of anilines is 2. The summed E-state index contributed by atoms with van der Waals surface area (Å²) in [5.41, 5.74) is 2.34. The smallest absolute Gasteiger partial charge is 0.418 e. The lowest BCUT2D eigenvalue weighted by atomic mass is 10.2.